The van der Waals surface area contributed by atoms with Crippen LogP contribution in [0, 0.1) is 28.6 Å². The van der Waals surface area contributed by atoms with Crippen LogP contribution < -0.4 is 16.2 Å². The average Bonchev–Trinajstić information content (AvgIpc) is 2.70. The Hall–Kier alpha value is -3.18. The van der Waals surface area contributed by atoms with E-state index in [1.54, 1.807) is 24.3 Å². The summed E-state index contributed by atoms with van der Waals surface area (Å²) >= 11 is 0. The maximum Gasteiger partial charge on any atom is 0.150 e. The van der Waals surface area contributed by atoms with E-state index < -0.39 is 0 Å². The van der Waals surface area contributed by atoms with Crippen LogP contribution in [0.1, 0.15) is 68.1 Å². The number of anilines is 2. The van der Waals surface area contributed by atoms with E-state index in [1.165, 1.54) is 25.7 Å². The second-order valence-electron chi connectivity index (χ2n) is 7.53. The zero-order chi connectivity index (χ0) is 20.1. The van der Waals surface area contributed by atoms with Crippen molar-refractivity contribution in [3.63, 3.8) is 0 Å². The fourth-order valence-electron chi connectivity index (χ4n) is 4.21. The summed E-state index contributed by atoms with van der Waals surface area (Å²) in [6.45, 7) is 2.23. The third-order valence-electron chi connectivity index (χ3n) is 5.66. The van der Waals surface area contributed by atoms with Gasteiger partial charge in [-0.3, -0.25) is 0 Å². The third kappa shape index (κ3) is 4.05. The van der Waals surface area contributed by atoms with Crippen molar-refractivity contribution in [1.29, 1.82) is 10.5 Å². The first kappa shape index (κ1) is 19.6. The molecule has 2 aromatic rings. The minimum absolute atomic E-state index is 0.270. The number of nitrogens with zero attached hydrogens (tertiary/aromatic N) is 2. The Bertz CT molecular complexity index is 931. The third-order valence-corrected chi connectivity index (χ3v) is 5.66. The molecule has 1 aliphatic carbocycles. The molecule has 1 aliphatic rings. The van der Waals surface area contributed by atoms with Crippen molar-refractivity contribution in [3.8, 4) is 23.6 Å². The molecule has 0 bridgehead atoms. The van der Waals surface area contributed by atoms with E-state index in [2.05, 4.69) is 19.1 Å². The number of hydrogen-bond acceptors (Lipinski definition) is 5. The number of hydrogen-bond donors (Lipinski definition) is 2. The number of ether oxygens (including phenoxy) is 1. The van der Waals surface area contributed by atoms with Crippen LogP contribution in [0.2, 0.25) is 0 Å². The van der Waals surface area contributed by atoms with Gasteiger partial charge in [-0.05, 0) is 67.3 Å². The lowest BCUT2D eigenvalue weighted by atomic mass is 9.76. The molecule has 28 heavy (non-hydrogen) atoms. The molecule has 4 N–H and O–H groups in total. The molecule has 1 saturated carbocycles. The molecule has 0 aliphatic heterocycles. The number of rotatable bonds is 5. The zero-order valence-corrected chi connectivity index (χ0v) is 16.2. The highest BCUT2D eigenvalue weighted by Gasteiger charge is 2.26. The standard InChI is InChI=1S/C23H26N4O/c1-2-3-15-4-6-16(7-5-15)18-9-11-22(20(14-25)19(18)13-24)28-23-10-8-17(26)12-21(23)27/h8-12,15-16H,2-7,26-27H2,1H3. The van der Waals surface area contributed by atoms with E-state index in [9.17, 15) is 10.5 Å². The summed E-state index contributed by atoms with van der Waals surface area (Å²) in [4.78, 5) is 0. The summed E-state index contributed by atoms with van der Waals surface area (Å²) in [7, 11) is 0. The quantitative estimate of drug-likeness (QED) is 0.675. The number of benzene rings is 2. The molecule has 0 atom stereocenters. The molecule has 0 unspecified atom stereocenters. The molecule has 0 spiro atoms. The fourth-order valence-corrected chi connectivity index (χ4v) is 4.21. The van der Waals surface area contributed by atoms with E-state index in [0.29, 0.717) is 34.4 Å². The highest BCUT2D eigenvalue weighted by Crippen LogP contribution is 2.41. The van der Waals surface area contributed by atoms with Crippen LogP contribution in [0.4, 0.5) is 11.4 Å². The van der Waals surface area contributed by atoms with Gasteiger partial charge >= 0.3 is 0 Å². The molecule has 0 heterocycles. The van der Waals surface area contributed by atoms with Gasteiger partial charge in [0, 0.05) is 5.69 Å². The van der Waals surface area contributed by atoms with Crippen LogP contribution in [0.25, 0.3) is 0 Å². The minimum Gasteiger partial charge on any atom is -0.454 e. The van der Waals surface area contributed by atoms with Crippen LogP contribution in [0.5, 0.6) is 11.5 Å². The van der Waals surface area contributed by atoms with Gasteiger partial charge in [-0.15, -0.1) is 0 Å². The number of nitrogen functional groups attached to an aromatic ring is 2. The van der Waals surface area contributed by atoms with Crippen molar-refractivity contribution in [2.24, 2.45) is 5.92 Å². The van der Waals surface area contributed by atoms with Gasteiger partial charge < -0.3 is 16.2 Å². The van der Waals surface area contributed by atoms with Crippen molar-refractivity contribution >= 4 is 11.4 Å². The summed E-state index contributed by atoms with van der Waals surface area (Å²) in [5.74, 6) is 1.88. The van der Waals surface area contributed by atoms with Crippen LogP contribution in [-0.2, 0) is 0 Å². The average molecular weight is 374 g/mol. The minimum atomic E-state index is 0.270. The van der Waals surface area contributed by atoms with Gasteiger partial charge in [0.1, 0.15) is 23.5 Å². The Morgan fingerprint density at radius 2 is 1.64 bits per heavy atom. The predicted molar refractivity (Wildman–Crippen MR) is 111 cm³/mol. The molecule has 0 amide bonds. The lowest BCUT2D eigenvalue weighted by Crippen LogP contribution is -2.14. The fraction of sp³-hybridized carbons (Fsp3) is 0.391. The smallest absolute Gasteiger partial charge is 0.150 e. The zero-order valence-electron chi connectivity index (χ0n) is 16.2. The van der Waals surface area contributed by atoms with Gasteiger partial charge in [0.2, 0.25) is 0 Å². The van der Waals surface area contributed by atoms with Crippen molar-refractivity contribution in [1.82, 2.24) is 0 Å². The molecule has 1 fully saturated rings. The SMILES string of the molecule is CCCC1CCC(c2ccc(Oc3ccc(N)cc3N)c(C#N)c2C#N)CC1. The molecule has 0 saturated heterocycles. The van der Waals surface area contributed by atoms with Crippen molar-refractivity contribution in [3.05, 3.63) is 47.0 Å². The first-order valence-corrected chi connectivity index (χ1v) is 9.87. The first-order chi connectivity index (χ1) is 13.6. The Kier molecular flexibility index (Phi) is 6.06. The molecular formula is C23H26N4O. The van der Waals surface area contributed by atoms with Gasteiger partial charge in [0.15, 0.2) is 5.75 Å². The summed E-state index contributed by atoms with van der Waals surface area (Å²) in [5, 5.41) is 19.5. The van der Waals surface area contributed by atoms with E-state index in [1.807, 2.05) is 6.07 Å². The lowest BCUT2D eigenvalue weighted by Gasteiger charge is -2.29. The van der Waals surface area contributed by atoms with Gasteiger partial charge in [0.25, 0.3) is 0 Å². The van der Waals surface area contributed by atoms with E-state index in [0.717, 1.165) is 24.3 Å². The second kappa shape index (κ2) is 8.67. The Morgan fingerprint density at radius 3 is 2.25 bits per heavy atom. The Balaban J connectivity index is 1.89. The lowest BCUT2D eigenvalue weighted by molar-refractivity contribution is 0.308. The van der Waals surface area contributed by atoms with Crippen LogP contribution in [-0.4, -0.2) is 0 Å². The molecule has 144 valence electrons. The summed E-state index contributed by atoms with van der Waals surface area (Å²) in [6, 6.07) is 13.1. The monoisotopic (exact) mass is 374 g/mol. The van der Waals surface area contributed by atoms with E-state index in [4.69, 9.17) is 16.2 Å². The second-order valence-corrected chi connectivity index (χ2v) is 7.53. The summed E-state index contributed by atoms with van der Waals surface area (Å²) < 4.78 is 5.87. The topological polar surface area (TPSA) is 109 Å². The predicted octanol–water partition coefficient (Wildman–Crippen LogP) is 5.46. The van der Waals surface area contributed by atoms with Gasteiger partial charge in [-0.25, -0.2) is 0 Å². The Morgan fingerprint density at radius 1 is 0.964 bits per heavy atom. The van der Waals surface area contributed by atoms with Crippen molar-refractivity contribution in [2.75, 3.05) is 11.5 Å². The van der Waals surface area contributed by atoms with Crippen molar-refractivity contribution in [2.45, 2.75) is 51.4 Å². The van der Waals surface area contributed by atoms with E-state index in [-0.39, 0.29) is 5.56 Å². The van der Waals surface area contributed by atoms with Gasteiger partial charge in [0.05, 0.1) is 11.3 Å². The van der Waals surface area contributed by atoms with Crippen LogP contribution >= 0.6 is 0 Å². The van der Waals surface area contributed by atoms with Crippen LogP contribution in [0.15, 0.2) is 30.3 Å². The highest BCUT2D eigenvalue weighted by molar-refractivity contribution is 5.64. The Labute approximate surface area is 166 Å². The highest BCUT2D eigenvalue weighted by atomic mass is 16.5. The molecule has 3 rings (SSSR count). The van der Waals surface area contributed by atoms with E-state index >= 15 is 0 Å². The molecule has 2 aromatic carbocycles. The normalized spacial score (nSPS) is 18.8. The molecule has 5 heteroatoms. The number of nitrogens with two attached hydrogens (primary N) is 2. The largest absolute Gasteiger partial charge is 0.454 e. The van der Waals surface area contributed by atoms with Crippen LogP contribution in [0.3, 0.4) is 0 Å². The molecule has 5 nitrogen and oxygen atoms in total. The first-order valence-electron chi connectivity index (χ1n) is 9.87. The molecular weight excluding hydrogens is 348 g/mol. The maximum absolute atomic E-state index is 9.78. The maximum atomic E-state index is 9.78. The molecule has 0 radical (unpaired) electrons. The van der Waals surface area contributed by atoms with Gasteiger partial charge in [-0.1, -0.05) is 25.8 Å². The summed E-state index contributed by atoms with van der Waals surface area (Å²) in [6.07, 6.45) is 7.00. The van der Waals surface area contributed by atoms with Gasteiger partial charge in [-0.2, -0.15) is 10.5 Å². The number of nitriles is 2. The molecule has 0 aromatic heterocycles. The van der Waals surface area contributed by atoms with Crippen molar-refractivity contribution < 1.29 is 4.74 Å². The summed E-state index contributed by atoms with van der Waals surface area (Å²) in [5.41, 5.74) is 14.3.